The average molecular weight is 293 g/mol. The highest BCUT2D eigenvalue weighted by Gasteiger charge is 2.26. The Morgan fingerprint density at radius 2 is 2.19 bits per heavy atom. The summed E-state index contributed by atoms with van der Waals surface area (Å²) in [5.41, 5.74) is 0.398. The van der Waals surface area contributed by atoms with Crippen molar-refractivity contribution in [1.82, 2.24) is 4.90 Å². The Bertz CT molecular complexity index is 571. The van der Waals surface area contributed by atoms with Gasteiger partial charge in [-0.1, -0.05) is 6.92 Å². The quantitative estimate of drug-likeness (QED) is 0.867. The van der Waals surface area contributed by atoms with Crippen LogP contribution in [0.15, 0.2) is 12.1 Å². The number of halogens is 1. The molecule has 1 aromatic rings. The van der Waals surface area contributed by atoms with E-state index in [9.17, 15) is 19.1 Å². The molecule has 1 aromatic carbocycles. The van der Waals surface area contributed by atoms with Crippen LogP contribution in [-0.4, -0.2) is 34.7 Å². The van der Waals surface area contributed by atoms with Crippen LogP contribution in [0.1, 0.15) is 42.6 Å². The van der Waals surface area contributed by atoms with Gasteiger partial charge in [0.15, 0.2) is 5.78 Å². The van der Waals surface area contributed by atoms with Gasteiger partial charge in [-0.25, -0.2) is 4.39 Å². The molecule has 0 saturated carbocycles. The molecular formula is C16H20FNO3. The molecule has 0 bridgehead atoms. The number of carbonyl (C=O) groups excluding carboxylic acids is 2. The van der Waals surface area contributed by atoms with Crippen molar-refractivity contribution >= 4 is 11.6 Å². The third-order valence-electron chi connectivity index (χ3n) is 4.03. The molecule has 1 aliphatic heterocycles. The van der Waals surface area contributed by atoms with Crippen molar-refractivity contribution in [1.29, 1.82) is 0 Å². The second-order valence-electron chi connectivity index (χ2n) is 5.57. The highest BCUT2D eigenvalue weighted by molar-refractivity contribution is 5.97. The van der Waals surface area contributed by atoms with Crippen molar-refractivity contribution < 1.29 is 19.1 Å². The predicted molar refractivity (Wildman–Crippen MR) is 76.8 cm³/mol. The maximum absolute atomic E-state index is 13.6. The molecule has 0 spiro atoms. The molecule has 1 fully saturated rings. The summed E-state index contributed by atoms with van der Waals surface area (Å²) in [5, 5.41) is 10.1. The first-order valence-corrected chi connectivity index (χ1v) is 7.19. The minimum absolute atomic E-state index is 0.00160. The minimum Gasteiger partial charge on any atom is -0.507 e. The molecule has 1 unspecified atom stereocenters. The number of phenolic OH excluding ortho intramolecular Hbond substituents is 1. The molecule has 1 atom stereocenters. The van der Waals surface area contributed by atoms with Crippen molar-refractivity contribution in [2.45, 2.75) is 33.2 Å². The smallest absolute Gasteiger partial charge is 0.163 e. The summed E-state index contributed by atoms with van der Waals surface area (Å²) in [6, 6.07) is 2.30. The van der Waals surface area contributed by atoms with Gasteiger partial charge in [0.1, 0.15) is 17.3 Å². The maximum Gasteiger partial charge on any atom is 0.163 e. The molecule has 0 aromatic heterocycles. The SMILES string of the molecule is CCC1CN(Cc2cc(F)cc(C(C)=O)c2O)CCC1=O. The number of rotatable bonds is 4. The molecule has 21 heavy (non-hydrogen) atoms. The molecule has 0 aliphatic carbocycles. The van der Waals surface area contributed by atoms with Gasteiger partial charge >= 0.3 is 0 Å². The van der Waals surface area contributed by atoms with Gasteiger partial charge in [-0.2, -0.15) is 0 Å². The highest BCUT2D eigenvalue weighted by Crippen LogP contribution is 2.27. The van der Waals surface area contributed by atoms with E-state index >= 15 is 0 Å². The zero-order chi connectivity index (χ0) is 15.6. The van der Waals surface area contributed by atoms with E-state index in [0.29, 0.717) is 31.6 Å². The van der Waals surface area contributed by atoms with Crippen molar-refractivity contribution in [2.75, 3.05) is 13.1 Å². The van der Waals surface area contributed by atoms with Crippen molar-refractivity contribution in [3.05, 3.63) is 29.1 Å². The van der Waals surface area contributed by atoms with E-state index in [4.69, 9.17) is 0 Å². The average Bonchev–Trinajstić information content (AvgIpc) is 2.44. The first-order chi connectivity index (χ1) is 9.92. The van der Waals surface area contributed by atoms with Gasteiger partial charge in [0.05, 0.1) is 5.56 Å². The van der Waals surface area contributed by atoms with Gasteiger partial charge in [-0.15, -0.1) is 0 Å². The van der Waals surface area contributed by atoms with Gasteiger partial charge in [0.25, 0.3) is 0 Å². The van der Waals surface area contributed by atoms with E-state index in [1.807, 2.05) is 11.8 Å². The highest BCUT2D eigenvalue weighted by atomic mass is 19.1. The molecule has 1 saturated heterocycles. The van der Waals surface area contributed by atoms with Crippen LogP contribution in [0.3, 0.4) is 0 Å². The second-order valence-corrected chi connectivity index (χ2v) is 5.57. The Hall–Kier alpha value is -1.75. The summed E-state index contributed by atoms with van der Waals surface area (Å²) in [4.78, 5) is 25.1. The molecule has 0 amide bonds. The van der Waals surface area contributed by atoms with Crippen molar-refractivity contribution in [2.24, 2.45) is 5.92 Å². The lowest BCUT2D eigenvalue weighted by molar-refractivity contribution is -0.126. The summed E-state index contributed by atoms with van der Waals surface area (Å²) in [7, 11) is 0. The van der Waals surface area contributed by atoms with Crippen LogP contribution in [0, 0.1) is 11.7 Å². The fraction of sp³-hybridized carbons (Fsp3) is 0.500. The van der Waals surface area contributed by atoms with Crippen LogP contribution in [0.2, 0.25) is 0 Å². The summed E-state index contributed by atoms with van der Waals surface area (Å²) >= 11 is 0. The molecule has 1 N–H and O–H groups in total. The molecule has 4 nitrogen and oxygen atoms in total. The van der Waals surface area contributed by atoms with Crippen LogP contribution >= 0.6 is 0 Å². The molecule has 1 aliphatic rings. The van der Waals surface area contributed by atoms with Crippen LogP contribution in [0.25, 0.3) is 0 Å². The molecule has 5 heteroatoms. The molecule has 1 heterocycles. The van der Waals surface area contributed by atoms with Gasteiger partial charge < -0.3 is 5.11 Å². The van der Waals surface area contributed by atoms with Gasteiger partial charge in [-0.3, -0.25) is 14.5 Å². The number of piperidine rings is 1. The first-order valence-electron chi connectivity index (χ1n) is 7.19. The fourth-order valence-corrected chi connectivity index (χ4v) is 2.76. The lowest BCUT2D eigenvalue weighted by Crippen LogP contribution is -2.40. The number of phenols is 1. The van der Waals surface area contributed by atoms with Crippen LogP contribution < -0.4 is 0 Å². The number of ketones is 2. The summed E-state index contributed by atoms with van der Waals surface area (Å²) in [6.45, 7) is 4.82. The number of Topliss-reactive ketones (excluding diaryl/α,β-unsaturated/α-hetero) is 2. The van der Waals surface area contributed by atoms with Crippen LogP contribution in [0.4, 0.5) is 4.39 Å². The Morgan fingerprint density at radius 1 is 1.48 bits per heavy atom. The summed E-state index contributed by atoms with van der Waals surface area (Å²) in [6.07, 6.45) is 1.26. The largest absolute Gasteiger partial charge is 0.507 e. The van der Waals surface area contributed by atoms with E-state index in [0.717, 1.165) is 12.5 Å². The first kappa shape index (κ1) is 15.6. The number of likely N-dealkylation sites (tertiary alicyclic amines) is 1. The van der Waals surface area contributed by atoms with Crippen molar-refractivity contribution in [3.8, 4) is 5.75 Å². The van der Waals surface area contributed by atoms with E-state index in [2.05, 4.69) is 0 Å². The van der Waals surface area contributed by atoms with E-state index < -0.39 is 5.82 Å². The van der Waals surface area contributed by atoms with E-state index in [-0.39, 0.29) is 28.8 Å². The topological polar surface area (TPSA) is 57.6 Å². The predicted octanol–water partition coefficient (Wildman–Crippen LogP) is 2.53. The number of hydrogen-bond donors (Lipinski definition) is 1. The van der Waals surface area contributed by atoms with Crippen LogP contribution in [0.5, 0.6) is 5.75 Å². The number of nitrogens with zero attached hydrogens (tertiary/aromatic N) is 1. The lowest BCUT2D eigenvalue weighted by Gasteiger charge is -2.31. The van der Waals surface area contributed by atoms with Crippen molar-refractivity contribution in [3.63, 3.8) is 0 Å². The Balaban J connectivity index is 2.20. The molecule has 0 radical (unpaired) electrons. The number of aromatic hydroxyl groups is 1. The van der Waals surface area contributed by atoms with Gasteiger partial charge in [-0.05, 0) is 25.5 Å². The number of carbonyl (C=O) groups is 2. The summed E-state index contributed by atoms with van der Waals surface area (Å²) in [5.74, 6) is -0.793. The van der Waals surface area contributed by atoms with Gasteiger partial charge in [0, 0.05) is 37.5 Å². The molecule has 114 valence electrons. The third kappa shape index (κ3) is 3.47. The monoisotopic (exact) mass is 293 g/mol. The number of benzene rings is 1. The molecule has 2 rings (SSSR count). The Morgan fingerprint density at radius 3 is 2.81 bits per heavy atom. The van der Waals surface area contributed by atoms with E-state index in [1.54, 1.807) is 0 Å². The Labute approximate surface area is 123 Å². The number of hydrogen-bond acceptors (Lipinski definition) is 4. The standard InChI is InChI=1S/C16H20FNO3/c1-3-11-8-18(5-4-15(11)20)9-12-6-13(17)7-14(10(2)19)16(12)21/h6-7,11,21H,3-5,8-9H2,1-2H3. The molecular weight excluding hydrogens is 273 g/mol. The minimum atomic E-state index is -0.534. The summed E-state index contributed by atoms with van der Waals surface area (Å²) < 4.78 is 13.6. The Kier molecular flexibility index (Phi) is 4.73. The van der Waals surface area contributed by atoms with E-state index in [1.165, 1.54) is 13.0 Å². The third-order valence-corrected chi connectivity index (χ3v) is 4.03. The fourth-order valence-electron chi connectivity index (χ4n) is 2.76. The maximum atomic E-state index is 13.6. The lowest BCUT2D eigenvalue weighted by atomic mass is 9.93. The van der Waals surface area contributed by atoms with Crippen LogP contribution in [-0.2, 0) is 11.3 Å². The van der Waals surface area contributed by atoms with Gasteiger partial charge in [0.2, 0.25) is 0 Å². The zero-order valence-electron chi connectivity index (χ0n) is 12.4. The normalized spacial score (nSPS) is 19.8. The zero-order valence-corrected chi connectivity index (χ0v) is 12.4. The second kappa shape index (κ2) is 6.35.